The molecule has 2 aromatic rings. The Morgan fingerprint density at radius 2 is 1.79 bits per heavy atom. The topological polar surface area (TPSA) is 56.2 Å². The van der Waals surface area contributed by atoms with E-state index in [0.717, 1.165) is 31.1 Å². The highest BCUT2D eigenvalue weighted by Gasteiger charge is 2.44. The third-order valence-electron chi connectivity index (χ3n) is 6.69. The fourth-order valence-corrected chi connectivity index (χ4v) is 5.10. The van der Waals surface area contributed by atoms with Crippen molar-refractivity contribution in [2.24, 2.45) is 0 Å². The van der Waals surface area contributed by atoms with Gasteiger partial charge in [-0.05, 0) is 50.2 Å². The molecule has 0 saturated carbocycles. The highest BCUT2D eigenvalue weighted by atomic mass is 35.5. The number of hydrogen-bond donors (Lipinski definition) is 0. The number of fused-ring (bicyclic) bond motifs is 2. The summed E-state index contributed by atoms with van der Waals surface area (Å²) in [7, 11) is 3.53. The number of hydrogen-bond acceptors (Lipinski definition) is 5. The molecule has 34 heavy (non-hydrogen) atoms. The lowest BCUT2D eigenvalue weighted by molar-refractivity contribution is -0.325. The maximum absolute atomic E-state index is 13.2. The number of halogens is 4. The molecule has 3 heterocycles. The third kappa shape index (κ3) is 4.85. The average molecular weight is 502 g/mol. The van der Waals surface area contributed by atoms with Crippen molar-refractivity contribution in [3.8, 4) is 11.5 Å². The summed E-state index contributed by atoms with van der Waals surface area (Å²) in [6, 6.07) is 8.67. The Morgan fingerprint density at radius 3 is 2.47 bits per heavy atom. The van der Waals surface area contributed by atoms with E-state index in [1.165, 1.54) is 18.9 Å². The van der Waals surface area contributed by atoms with E-state index in [2.05, 4.69) is 27.3 Å². The van der Waals surface area contributed by atoms with E-state index in [4.69, 9.17) is 21.1 Å². The molecule has 1 aromatic heterocycles. The Balaban J connectivity index is 1.41. The second kappa shape index (κ2) is 9.67. The van der Waals surface area contributed by atoms with Gasteiger partial charge >= 0.3 is 6.36 Å². The second-order valence-corrected chi connectivity index (χ2v) is 8.83. The van der Waals surface area contributed by atoms with Gasteiger partial charge < -0.3 is 18.9 Å². The predicted molar refractivity (Wildman–Crippen MR) is 119 cm³/mol. The molecule has 1 amide bonds. The zero-order chi connectivity index (χ0) is 24.5. The first-order valence-corrected chi connectivity index (χ1v) is 11.4. The van der Waals surface area contributed by atoms with Gasteiger partial charge in [-0.3, -0.25) is 14.4 Å². The maximum atomic E-state index is 13.2. The first kappa shape index (κ1) is 24.7. The van der Waals surface area contributed by atoms with E-state index >= 15 is 0 Å². The fourth-order valence-electron chi connectivity index (χ4n) is 4.86. The number of piperidine rings is 1. The van der Waals surface area contributed by atoms with E-state index in [1.54, 1.807) is 12.1 Å². The molecule has 1 fully saturated rings. The van der Waals surface area contributed by atoms with Crippen molar-refractivity contribution in [2.75, 3.05) is 47.0 Å². The van der Waals surface area contributed by atoms with Gasteiger partial charge in [-0.15, -0.1) is 13.2 Å². The first-order chi connectivity index (χ1) is 16.1. The Labute approximate surface area is 200 Å². The number of aromatic nitrogens is 1. The number of nitrogens with zero attached hydrogens (tertiary/aromatic N) is 3. The van der Waals surface area contributed by atoms with Crippen LogP contribution in [0.3, 0.4) is 0 Å². The molecule has 2 aliphatic heterocycles. The number of methoxy groups -OCH3 is 1. The summed E-state index contributed by atoms with van der Waals surface area (Å²) in [4.78, 5) is 17.4. The van der Waals surface area contributed by atoms with E-state index in [1.807, 2.05) is 11.0 Å². The lowest BCUT2D eigenvalue weighted by atomic mass is 9.81. The van der Waals surface area contributed by atoms with Crippen LogP contribution in [0.15, 0.2) is 30.3 Å². The molecule has 1 spiro atoms. The predicted octanol–water partition coefficient (Wildman–Crippen LogP) is 4.14. The third-order valence-corrected chi connectivity index (χ3v) is 7.02. The van der Waals surface area contributed by atoms with Crippen molar-refractivity contribution in [2.45, 2.75) is 31.3 Å². The number of benzene rings is 1. The van der Waals surface area contributed by atoms with Crippen LogP contribution in [-0.2, 0) is 16.8 Å². The van der Waals surface area contributed by atoms with Crippen molar-refractivity contribution in [3.05, 3.63) is 46.7 Å². The van der Waals surface area contributed by atoms with Crippen LogP contribution in [0.1, 0.15) is 28.9 Å². The van der Waals surface area contributed by atoms with Crippen LogP contribution in [0.2, 0.25) is 5.15 Å². The SMILES string of the molecule is COc1cc(C(=O)N2CCC3(CC2)c2ccc(Cl)n2CCN3C)ccc1OCCOC(F)(F)F. The minimum Gasteiger partial charge on any atom is -0.493 e. The van der Waals surface area contributed by atoms with Crippen molar-refractivity contribution in [1.29, 1.82) is 0 Å². The lowest BCUT2D eigenvalue weighted by Gasteiger charge is -2.50. The van der Waals surface area contributed by atoms with Gasteiger partial charge in [0.2, 0.25) is 0 Å². The summed E-state index contributed by atoms with van der Waals surface area (Å²) in [5.74, 6) is 0.377. The quantitative estimate of drug-likeness (QED) is 0.557. The number of ether oxygens (including phenoxy) is 3. The molecule has 1 saturated heterocycles. The summed E-state index contributed by atoms with van der Waals surface area (Å²) in [5.41, 5.74) is 1.46. The van der Waals surface area contributed by atoms with Crippen LogP contribution in [0.4, 0.5) is 13.2 Å². The molecule has 0 aliphatic carbocycles. The summed E-state index contributed by atoms with van der Waals surface area (Å²) in [6.07, 6.45) is -3.14. The van der Waals surface area contributed by atoms with Crippen molar-refractivity contribution >= 4 is 17.5 Å². The van der Waals surface area contributed by atoms with Crippen LogP contribution in [0, 0.1) is 0 Å². The molecule has 1 aromatic carbocycles. The average Bonchev–Trinajstić information content (AvgIpc) is 3.20. The molecule has 7 nitrogen and oxygen atoms in total. The Bertz CT molecular complexity index is 1030. The second-order valence-electron chi connectivity index (χ2n) is 8.45. The zero-order valence-corrected chi connectivity index (χ0v) is 19.8. The molecule has 2 aliphatic rings. The molecule has 186 valence electrons. The van der Waals surface area contributed by atoms with Gasteiger partial charge in [0, 0.05) is 37.4 Å². The van der Waals surface area contributed by atoms with Crippen molar-refractivity contribution in [3.63, 3.8) is 0 Å². The maximum Gasteiger partial charge on any atom is 0.522 e. The number of carbonyl (C=O) groups is 1. The molecule has 4 rings (SSSR count). The molecular formula is C23H27ClF3N3O4. The molecular weight excluding hydrogens is 475 g/mol. The number of alkyl halides is 3. The number of rotatable bonds is 6. The molecule has 0 unspecified atom stereocenters. The van der Waals surface area contributed by atoms with Crippen LogP contribution >= 0.6 is 11.6 Å². The molecule has 11 heteroatoms. The van der Waals surface area contributed by atoms with Crippen LogP contribution < -0.4 is 9.47 Å². The number of carbonyl (C=O) groups excluding carboxylic acids is 1. The Morgan fingerprint density at radius 1 is 1.06 bits per heavy atom. The number of likely N-dealkylation sites (tertiary alicyclic amines) is 1. The highest BCUT2D eigenvalue weighted by Crippen LogP contribution is 2.42. The van der Waals surface area contributed by atoms with Gasteiger partial charge in [0.05, 0.1) is 19.3 Å². The van der Waals surface area contributed by atoms with Gasteiger partial charge in [-0.1, -0.05) is 11.6 Å². The fraction of sp³-hybridized carbons (Fsp3) is 0.522. The van der Waals surface area contributed by atoms with E-state index in [0.29, 0.717) is 18.7 Å². The minimum atomic E-state index is -4.71. The summed E-state index contributed by atoms with van der Waals surface area (Å²) < 4.78 is 52.8. The summed E-state index contributed by atoms with van der Waals surface area (Å²) >= 11 is 6.37. The largest absolute Gasteiger partial charge is 0.522 e. The Hall–Kier alpha value is -2.43. The smallest absolute Gasteiger partial charge is 0.493 e. The van der Waals surface area contributed by atoms with Crippen molar-refractivity contribution in [1.82, 2.24) is 14.4 Å². The number of likely N-dealkylation sites (N-methyl/N-ethyl adjacent to an activating group) is 1. The molecule has 0 bridgehead atoms. The van der Waals surface area contributed by atoms with Gasteiger partial charge in [0.25, 0.3) is 5.91 Å². The standard InChI is InChI=1S/C23H27ClF3N3O4/c1-28-11-12-30-19(5-6-20(30)24)22(28)7-9-29(10-8-22)21(31)16-3-4-17(18(15-16)32-2)33-13-14-34-23(25,26)27/h3-6,15H,7-14H2,1-2H3. The molecule has 0 N–H and O–H groups in total. The van der Waals surface area contributed by atoms with Crippen LogP contribution in [0.5, 0.6) is 11.5 Å². The van der Waals surface area contributed by atoms with Gasteiger partial charge in [0.1, 0.15) is 11.8 Å². The van der Waals surface area contributed by atoms with E-state index in [-0.39, 0.29) is 29.6 Å². The van der Waals surface area contributed by atoms with E-state index in [9.17, 15) is 18.0 Å². The van der Waals surface area contributed by atoms with Gasteiger partial charge in [-0.25, -0.2) is 0 Å². The normalized spacial score (nSPS) is 18.1. The minimum absolute atomic E-state index is 0.132. The summed E-state index contributed by atoms with van der Waals surface area (Å²) in [5, 5.41) is 0.736. The first-order valence-electron chi connectivity index (χ1n) is 11.0. The molecule has 0 radical (unpaired) electrons. The molecule has 0 atom stereocenters. The highest BCUT2D eigenvalue weighted by molar-refractivity contribution is 6.29. The van der Waals surface area contributed by atoms with Gasteiger partial charge in [-0.2, -0.15) is 0 Å². The number of amides is 1. The summed E-state index contributed by atoms with van der Waals surface area (Å²) in [6.45, 7) is 1.95. The van der Waals surface area contributed by atoms with Crippen molar-refractivity contribution < 1.29 is 32.2 Å². The Kier molecular flexibility index (Phi) is 7.02. The van der Waals surface area contributed by atoms with Crippen LogP contribution in [-0.4, -0.2) is 73.6 Å². The monoisotopic (exact) mass is 501 g/mol. The van der Waals surface area contributed by atoms with Crippen LogP contribution in [0.25, 0.3) is 0 Å². The van der Waals surface area contributed by atoms with E-state index < -0.39 is 13.0 Å². The lowest BCUT2D eigenvalue weighted by Crippen LogP contribution is -2.56. The van der Waals surface area contributed by atoms with Gasteiger partial charge in [0.15, 0.2) is 11.5 Å². The zero-order valence-electron chi connectivity index (χ0n) is 19.0.